The van der Waals surface area contributed by atoms with Gasteiger partial charge in [-0.05, 0) is 13.0 Å². The molecule has 0 aromatic carbocycles. The highest BCUT2D eigenvalue weighted by Crippen LogP contribution is 2.35. The number of aliphatic carboxylic acids is 1. The number of carboxylic acids is 1. The maximum atomic E-state index is 10.9. The Morgan fingerprint density at radius 3 is 2.05 bits per heavy atom. The van der Waals surface area contributed by atoms with E-state index in [1.807, 2.05) is 0 Å². The van der Waals surface area contributed by atoms with E-state index in [1.165, 1.54) is 30.6 Å². The quantitative estimate of drug-likeness (QED) is 0.377. The second kappa shape index (κ2) is 10.4. The number of carbonyl (C=O) groups is 1. The first-order valence-corrected chi connectivity index (χ1v) is 8.63. The van der Waals surface area contributed by atoms with Gasteiger partial charge in [-0.25, -0.2) is 0 Å². The van der Waals surface area contributed by atoms with Gasteiger partial charge in [0.2, 0.25) is 0 Å². The molecule has 0 saturated heterocycles. The molecule has 0 bridgehead atoms. The molecule has 0 aromatic heterocycles. The summed E-state index contributed by atoms with van der Waals surface area (Å²) in [5, 5.41) is 8.69. The Morgan fingerprint density at radius 2 is 1.58 bits per heavy atom. The minimum Gasteiger partial charge on any atom is -0.480 e. The molecule has 0 unspecified atom stereocenters. The molecule has 19 heavy (non-hydrogen) atoms. The van der Waals surface area contributed by atoms with Gasteiger partial charge in [0.15, 0.2) is 0 Å². The van der Waals surface area contributed by atoms with Crippen LogP contribution in [0.5, 0.6) is 0 Å². The average molecular weight is 295 g/mol. The fraction of sp³-hybridized carbons (Fsp3) is 0.917. The van der Waals surface area contributed by atoms with Crippen LogP contribution in [-0.2, 0) is 9.36 Å². The summed E-state index contributed by atoms with van der Waals surface area (Å²) in [6.45, 7) is 2.26. The van der Waals surface area contributed by atoms with E-state index in [0.29, 0.717) is 6.54 Å². The van der Waals surface area contributed by atoms with Crippen molar-refractivity contribution >= 4 is 13.6 Å². The van der Waals surface area contributed by atoms with E-state index in [4.69, 9.17) is 14.9 Å². The predicted molar refractivity (Wildman–Crippen MR) is 74.1 cm³/mol. The largest absolute Gasteiger partial charge is 0.480 e. The zero-order valence-electron chi connectivity index (χ0n) is 11.6. The Hall–Kier alpha value is -0.420. The van der Waals surface area contributed by atoms with Crippen LogP contribution in [0.15, 0.2) is 0 Å². The number of rotatable bonds is 12. The lowest BCUT2D eigenvalue weighted by Gasteiger charge is -2.20. The summed E-state index contributed by atoms with van der Waals surface area (Å²) in [6, 6.07) is 0. The number of hydrogen-bond donors (Lipinski definition) is 3. The maximum Gasteiger partial charge on any atom is 0.339 e. The van der Waals surface area contributed by atoms with Crippen molar-refractivity contribution in [2.75, 3.05) is 19.4 Å². The van der Waals surface area contributed by atoms with Crippen molar-refractivity contribution in [1.82, 2.24) is 4.90 Å². The Labute approximate surface area is 115 Å². The smallest absolute Gasteiger partial charge is 0.339 e. The minimum absolute atomic E-state index is 0.319. The van der Waals surface area contributed by atoms with Crippen molar-refractivity contribution in [1.29, 1.82) is 0 Å². The second-order valence-corrected chi connectivity index (χ2v) is 6.49. The Kier molecular flexibility index (Phi) is 10.1. The summed E-state index contributed by atoms with van der Waals surface area (Å²) in [5.74, 6) is -1.06. The first-order valence-electron chi connectivity index (χ1n) is 6.84. The summed E-state index contributed by atoms with van der Waals surface area (Å²) in [4.78, 5) is 29.7. The summed E-state index contributed by atoms with van der Waals surface area (Å²) < 4.78 is 10.9. The molecule has 0 atom stereocenters. The topological polar surface area (TPSA) is 98.1 Å². The molecule has 0 amide bonds. The number of hydrogen-bond acceptors (Lipinski definition) is 3. The number of unbranched alkanes of at least 4 members (excludes halogenated alkanes) is 6. The highest BCUT2D eigenvalue weighted by atomic mass is 31.2. The van der Waals surface area contributed by atoms with E-state index < -0.39 is 19.9 Å². The average Bonchev–Trinajstić information content (AvgIpc) is 2.24. The molecule has 0 radical (unpaired) electrons. The second-order valence-electron chi connectivity index (χ2n) is 4.87. The van der Waals surface area contributed by atoms with Crippen molar-refractivity contribution in [3.63, 3.8) is 0 Å². The van der Waals surface area contributed by atoms with Gasteiger partial charge in [-0.15, -0.1) is 0 Å². The first kappa shape index (κ1) is 18.6. The molecule has 7 heteroatoms. The molecule has 114 valence electrons. The molecule has 0 aliphatic rings. The molecule has 0 aliphatic carbocycles. The van der Waals surface area contributed by atoms with Gasteiger partial charge in [0.05, 0.1) is 6.54 Å². The van der Waals surface area contributed by atoms with Crippen LogP contribution in [0, 0.1) is 0 Å². The van der Waals surface area contributed by atoms with Crippen molar-refractivity contribution in [3.8, 4) is 0 Å². The number of nitrogens with zero attached hydrogens (tertiary/aromatic N) is 1. The molecular formula is C12H26NO5P. The lowest BCUT2D eigenvalue weighted by Crippen LogP contribution is -2.31. The third kappa shape index (κ3) is 13.8. The van der Waals surface area contributed by atoms with E-state index in [-0.39, 0.29) is 6.54 Å². The lowest BCUT2D eigenvalue weighted by molar-refractivity contribution is -0.138. The van der Waals surface area contributed by atoms with Crippen LogP contribution in [0.3, 0.4) is 0 Å². The van der Waals surface area contributed by atoms with Gasteiger partial charge in [-0.2, -0.15) is 0 Å². The van der Waals surface area contributed by atoms with Gasteiger partial charge in [-0.1, -0.05) is 45.4 Å². The molecule has 0 spiro atoms. The van der Waals surface area contributed by atoms with Gasteiger partial charge < -0.3 is 14.9 Å². The van der Waals surface area contributed by atoms with Gasteiger partial charge in [0.25, 0.3) is 0 Å². The third-order valence-corrected chi connectivity index (χ3v) is 3.59. The predicted octanol–water partition coefficient (Wildman–Crippen LogP) is 2.26. The van der Waals surface area contributed by atoms with Crippen LogP contribution in [0.25, 0.3) is 0 Å². The number of carboxylic acid groups (broad SMARTS) is 1. The van der Waals surface area contributed by atoms with Gasteiger partial charge in [0, 0.05) is 0 Å². The van der Waals surface area contributed by atoms with E-state index >= 15 is 0 Å². The Morgan fingerprint density at radius 1 is 1.05 bits per heavy atom. The molecule has 3 N–H and O–H groups in total. The Balaban J connectivity index is 3.80. The van der Waals surface area contributed by atoms with Crippen LogP contribution >= 0.6 is 7.60 Å². The molecule has 0 rings (SSSR count). The monoisotopic (exact) mass is 295 g/mol. The van der Waals surface area contributed by atoms with Crippen molar-refractivity contribution in [3.05, 3.63) is 0 Å². The fourth-order valence-electron chi connectivity index (χ4n) is 1.94. The van der Waals surface area contributed by atoms with Crippen LogP contribution in [-0.4, -0.2) is 45.1 Å². The standard InChI is InChI=1S/C12H26NO5P/c1-2-3-4-5-6-7-8-9-13(10-12(14)15)11-19(16,17)18/h2-11H2,1H3,(H,14,15)(H2,16,17,18). The summed E-state index contributed by atoms with van der Waals surface area (Å²) in [7, 11) is -4.19. The zero-order valence-corrected chi connectivity index (χ0v) is 12.5. The fourth-order valence-corrected chi connectivity index (χ4v) is 2.71. The summed E-state index contributed by atoms with van der Waals surface area (Å²) >= 11 is 0. The SMILES string of the molecule is CCCCCCCCCN(CC(=O)O)CP(=O)(O)O. The molecule has 0 heterocycles. The third-order valence-electron chi connectivity index (χ3n) is 2.82. The minimum atomic E-state index is -4.19. The molecule has 0 saturated carbocycles. The highest BCUT2D eigenvalue weighted by Gasteiger charge is 2.20. The van der Waals surface area contributed by atoms with Crippen LogP contribution in [0.4, 0.5) is 0 Å². The summed E-state index contributed by atoms with van der Waals surface area (Å²) in [5.41, 5.74) is 0. The highest BCUT2D eigenvalue weighted by molar-refractivity contribution is 7.51. The van der Waals surface area contributed by atoms with Crippen molar-refractivity contribution in [2.24, 2.45) is 0 Å². The normalized spacial score (nSPS) is 12.0. The molecular weight excluding hydrogens is 269 g/mol. The van der Waals surface area contributed by atoms with Gasteiger partial charge in [-0.3, -0.25) is 14.3 Å². The maximum absolute atomic E-state index is 10.9. The molecule has 6 nitrogen and oxygen atoms in total. The van der Waals surface area contributed by atoms with Crippen molar-refractivity contribution in [2.45, 2.75) is 51.9 Å². The van der Waals surface area contributed by atoms with E-state index in [1.54, 1.807) is 0 Å². The molecule has 0 aromatic rings. The first-order chi connectivity index (χ1) is 8.85. The van der Waals surface area contributed by atoms with Crippen LogP contribution < -0.4 is 0 Å². The molecule has 0 fully saturated rings. The van der Waals surface area contributed by atoms with E-state index in [9.17, 15) is 9.36 Å². The molecule has 0 aliphatic heterocycles. The van der Waals surface area contributed by atoms with Crippen LogP contribution in [0.1, 0.15) is 51.9 Å². The van der Waals surface area contributed by atoms with E-state index in [0.717, 1.165) is 19.3 Å². The van der Waals surface area contributed by atoms with Crippen molar-refractivity contribution < 1.29 is 24.3 Å². The van der Waals surface area contributed by atoms with E-state index in [2.05, 4.69) is 6.92 Å². The zero-order chi connectivity index (χ0) is 14.7. The van der Waals surface area contributed by atoms with Gasteiger partial charge in [0.1, 0.15) is 6.29 Å². The summed E-state index contributed by atoms with van der Waals surface area (Å²) in [6.07, 6.45) is 7.20. The van der Waals surface area contributed by atoms with Crippen LogP contribution in [0.2, 0.25) is 0 Å². The lowest BCUT2D eigenvalue weighted by atomic mass is 10.1. The van der Waals surface area contributed by atoms with Gasteiger partial charge >= 0.3 is 13.6 Å². The Bertz CT molecular complexity index is 292.